The van der Waals surface area contributed by atoms with Gasteiger partial charge >= 0.3 is 0 Å². The summed E-state index contributed by atoms with van der Waals surface area (Å²) in [6.07, 6.45) is 1.11. The maximum atomic E-state index is 11.6. The Hall–Kier alpha value is -11.1. The summed E-state index contributed by atoms with van der Waals surface area (Å²) in [5.74, 6) is -2.08. The van der Waals surface area contributed by atoms with Crippen LogP contribution >= 0.6 is 24.0 Å². The van der Waals surface area contributed by atoms with Gasteiger partial charge in [0.15, 0.2) is 0 Å². The number of fused-ring (bicyclic) bond motifs is 3. The van der Waals surface area contributed by atoms with Crippen LogP contribution in [0.2, 0.25) is 0 Å². The van der Waals surface area contributed by atoms with E-state index in [0.29, 0.717) is 41.5 Å². The van der Waals surface area contributed by atoms with Gasteiger partial charge in [0, 0.05) is 195 Å². The molecule has 0 unspecified atom stereocenters. The van der Waals surface area contributed by atoms with E-state index in [1.807, 2.05) is 58.9 Å². The largest absolute Gasteiger partial charge is 0.481 e. The predicted molar refractivity (Wildman–Crippen MR) is 421 cm³/mol. The minimum atomic E-state index is -0.833. The number of hydrogen-bond donors (Lipinski definition) is 6. The summed E-state index contributed by atoms with van der Waals surface area (Å²) in [5, 5.41) is 72.9. The Kier molecular flexibility index (Phi) is 43.2. The van der Waals surface area contributed by atoms with Crippen LogP contribution in [0.4, 0.5) is 68.2 Å². The van der Waals surface area contributed by atoms with Gasteiger partial charge in [0.25, 0.3) is 40.4 Å². The number of amides is 4. The molecule has 0 saturated carbocycles. The Bertz CT molecular complexity index is 4220. The standard InChI is InChI=1S/C13H16N2O3.C12H14N2O3.C12H16N2O.C10H12N2O2.C9H10N2O3.C7H8N2O2.C5H10.C2H3ClO.2C2H4O2.ClH.Pd/c1-9(2)8-14(11(4)16)13-7-12(15(17)18)6-5-10(13)3;1-8(15)13-7-12(2,3)10-5-4-9(14(16)17)6-11(10)13;1-8(15)14-7-12(2,3)10-5-4-9(13)6-11(10)14;1-10(2)6-11-9-5-7(12(13)14)3-4-8(9)10;1-6-3-4-8(11(13)14)5-9(6)10-7(2)12;1-5-2-3-6(9(10)11)4-7(5)8;1-4-5(2)3;3*1-2(3)4;;/h5-7H,1,8H2,2-4H3;4-6H,7H2,1-3H3;4-6H,7,13H2,1-3H3;3-5,11H,6H2,1-2H3;3-5H,1-2H3,(H,10,12);2-4H,8H2,1H3;2,4H2,1,3H3;1H3;2*1H3,(H,3,4);1H;. The van der Waals surface area contributed by atoms with Gasteiger partial charge in [0.2, 0.25) is 28.9 Å². The average molecular weight is 1640 g/mol. The van der Waals surface area contributed by atoms with E-state index in [0.717, 1.165) is 78.1 Å². The number of hydrogen-bond acceptors (Lipinski definition) is 20. The number of nitrogen functional groups attached to an aromatic ring is 2. The van der Waals surface area contributed by atoms with Crippen molar-refractivity contribution in [3.63, 3.8) is 0 Å². The molecule has 3 aliphatic rings. The number of anilines is 7. The van der Waals surface area contributed by atoms with Gasteiger partial charge in [0.05, 0.1) is 41.7 Å². The van der Waals surface area contributed by atoms with Crippen LogP contribution in [0.25, 0.3) is 0 Å². The van der Waals surface area contributed by atoms with Crippen LogP contribution < -0.4 is 36.8 Å². The first-order valence-corrected chi connectivity index (χ1v) is 32.7. The molecule has 0 radical (unpaired) electrons. The molecule has 3 heterocycles. The van der Waals surface area contributed by atoms with Crippen molar-refractivity contribution in [3.8, 4) is 0 Å². The monoisotopic (exact) mass is 1630 g/mol. The van der Waals surface area contributed by atoms with Crippen LogP contribution in [-0.2, 0) is 70.2 Å². The minimum absolute atomic E-state index is 0. The van der Waals surface area contributed by atoms with Crippen LogP contribution in [0.1, 0.15) is 151 Å². The second kappa shape index (κ2) is 46.1. The van der Waals surface area contributed by atoms with Crippen molar-refractivity contribution in [3.05, 3.63) is 217 Å². The number of aryl methyl sites for hydroxylation is 3. The number of nitro benzene ring substituents is 5. The molecular formula is C74H98Cl2N12O19Pd. The molecule has 108 heavy (non-hydrogen) atoms. The van der Waals surface area contributed by atoms with E-state index >= 15 is 0 Å². The summed E-state index contributed by atoms with van der Waals surface area (Å²) >= 11 is 4.64. The van der Waals surface area contributed by atoms with Crippen LogP contribution in [-0.4, -0.2) is 102 Å². The second-order valence-electron chi connectivity index (χ2n) is 26.3. The molecule has 9 rings (SSSR count). The third-order valence-electron chi connectivity index (χ3n) is 15.1. The Morgan fingerprint density at radius 3 is 1.25 bits per heavy atom. The van der Waals surface area contributed by atoms with E-state index in [1.165, 1.54) is 92.3 Å². The van der Waals surface area contributed by atoms with E-state index in [1.54, 1.807) is 67.0 Å². The number of carbonyl (C=O) groups is 7. The van der Waals surface area contributed by atoms with E-state index in [2.05, 4.69) is 70.0 Å². The van der Waals surface area contributed by atoms with Crippen LogP contribution in [0.15, 0.2) is 133 Å². The van der Waals surface area contributed by atoms with Crippen molar-refractivity contribution in [1.29, 1.82) is 0 Å². The smallest absolute Gasteiger partial charge is 0.300 e. The van der Waals surface area contributed by atoms with Crippen LogP contribution in [0.5, 0.6) is 0 Å². The van der Waals surface area contributed by atoms with Crippen molar-refractivity contribution in [2.24, 2.45) is 0 Å². The van der Waals surface area contributed by atoms with Crippen molar-refractivity contribution in [1.82, 2.24) is 0 Å². The molecule has 0 bridgehead atoms. The SMILES string of the molecule is C=C(C)CC.C=C(C)CN(C(C)=O)c1cc([N+](=O)[O-])ccc1C.CC(=O)Cl.CC(=O)N1CC(C)(C)c2ccc(N)cc21.CC(=O)N1CC(C)(C)c2ccc([N+](=O)[O-])cc21.CC(=O)Nc1cc([N+](=O)[O-])ccc1C.CC(=O)O.CC(=O)O.CC1(C)CNc2cc([N+](=O)[O-])ccc21.Cc1ccc([N+](=O)[O-])cc1N.Cl.[Pd]. The molecule has 0 fully saturated rings. The average Bonchev–Trinajstić information content (AvgIpc) is 1.62. The van der Waals surface area contributed by atoms with Gasteiger partial charge in [0.1, 0.15) is 0 Å². The first kappa shape index (κ1) is 101. The maximum Gasteiger partial charge on any atom is 0.300 e. The zero-order valence-corrected chi connectivity index (χ0v) is 67.1. The topological polar surface area (TPSA) is 461 Å². The Balaban J connectivity index is -0.00000117. The molecule has 3 aliphatic heterocycles. The number of nitrogens with one attached hydrogen (secondary N) is 2. The first-order chi connectivity index (χ1) is 48.6. The molecule has 8 N–H and O–H groups in total. The number of nitrogens with zero attached hydrogens (tertiary/aromatic N) is 8. The molecule has 34 heteroatoms. The zero-order valence-electron chi connectivity index (χ0n) is 64.0. The van der Waals surface area contributed by atoms with Gasteiger partial charge in [-0.3, -0.25) is 84.1 Å². The molecule has 0 aliphatic carbocycles. The fraction of sp³-hybridized carbons (Fsp3) is 0.365. The van der Waals surface area contributed by atoms with Crippen molar-refractivity contribution >= 4 is 133 Å². The van der Waals surface area contributed by atoms with Crippen LogP contribution in [0.3, 0.4) is 0 Å². The third-order valence-corrected chi connectivity index (χ3v) is 15.1. The number of allylic oxidation sites excluding steroid dienone is 1. The predicted octanol–water partition coefficient (Wildman–Crippen LogP) is 16.0. The van der Waals surface area contributed by atoms with Gasteiger partial charge in [-0.15, -0.1) is 19.0 Å². The number of carbonyl (C=O) groups excluding carboxylic acids is 5. The molecular weight excluding hydrogens is 1540 g/mol. The summed E-state index contributed by atoms with van der Waals surface area (Å²) < 4.78 is 0. The fourth-order valence-electron chi connectivity index (χ4n) is 9.69. The zero-order chi connectivity index (χ0) is 82.4. The van der Waals surface area contributed by atoms with E-state index in [9.17, 15) is 74.5 Å². The van der Waals surface area contributed by atoms with Gasteiger partial charge < -0.3 is 47.0 Å². The number of nitrogens with two attached hydrogens (primary N) is 2. The number of non-ortho nitro benzene ring substituents is 5. The third kappa shape index (κ3) is 34.9. The molecule has 0 aromatic heterocycles. The number of nitro groups is 5. The Morgan fingerprint density at radius 2 is 0.880 bits per heavy atom. The number of carboxylic acid groups (broad SMARTS) is 2. The molecule has 0 saturated heterocycles. The number of aliphatic carboxylic acids is 2. The molecule has 0 atom stereocenters. The van der Waals surface area contributed by atoms with Crippen molar-refractivity contribution in [2.45, 2.75) is 154 Å². The second-order valence-corrected chi connectivity index (χ2v) is 26.8. The van der Waals surface area contributed by atoms with Crippen LogP contribution in [0, 0.1) is 71.3 Å². The maximum absolute atomic E-state index is 11.6. The van der Waals surface area contributed by atoms with E-state index < -0.39 is 31.6 Å². The summed E-state index contributed by atoms with van der Waals surface area (Å²) in [6.45, 7) is 43.2. The first-order valence-electron chi connectivity index (χ1n) is 32.3. The van der Waals surface area contributed by atoms with E-state index in [-0.39, 0.29) is 111 Å². The number of benzene rings is 6. The quantitative estimate of drug-likeness (QED) is 0.0185. The van der Waals surface area contributed by atoms with Gasteiger partial charge in [-0.2, -0.15) is 0 Å². The molecule has 31 nitrogen and oxygen atoms in total. The van der Waals surface area contributed by atoms with E-state index in [4.69, 9.17) is 31.3 Å². The van der Waals surface area contributed by atoms with Gasteiger partial charge in [-0.25, -0.2) is 0 Å². The summed E-state index contributed by atoms with van der Waals surface area (Å²) in [6, 6.07) is 28.8. The molecule has 6 aromatic carbocycles. The summed E-state index contributed by atoms with van der Waals surface area (Å²) in [5.41, 5.74) is 23.9. The fourth-order valence-corrected chi connectivity index (χ4v) is 9.69. The Labute approximate surface area is 653 Å². The van der Waals surface area contributed by atoms with Gasteiger partial charge in [-0.1, -0.05) is 90.5 Å². The summed E-state index contributed by atoms with van der Waals surface area (Å²) in [7, 11) is 0. The number of rotatable bonds is 10. The molecule has 0 spiro atoms. The molecule has 4 amide bonds. The molecule has 592 valence electrons. The normalized spacial score (nSPS) is 12.3. The van der Waals surface area contributed by atoms with Crippen molar-refractivity contribution in [2.75, 3.05) is 63.0 Å². The molecule has 6 aromatic rings. The number of carboxylic acids is 2. The number of halogens is 2. The minimum Gasteiger partial charge on any atom is -0.481 e. The van der Waals surface area contributed by atoms with Crippen molar-refractivity contribution < 1.29 is 88.8 Å². The van der Waals surface area contributed by atoms with Gasteiger partial charge in [-0.05, 0) is 110 Å². The summed E-state index contributed by atoms with van der Waals surface area (Å²) in [4.78, 5) is 128. The Morgan fingerprint density at radius 1 is 0.537 bits per heavy atom.